The van der Waals surface area contributed by atoms with Gasteiger partial charge in [0.1, 0.15) is 17.1 Å². The molecule has 1 aliphatic rings. The maximum Gasteiger partial charge on any atom is 0.412 e. The van der Waals surface area contributed by atoms with Crippen molar-refractivity contribution < 1.29 is 18.7 Å². The molecule has 0 atom stereocenters. The Morgan fingerprint density at radius 2 is 1.87 bits per heavy atom. The lowest BCUT2D eigenvalue weighted by Crippen LogP contribution is -2.27. The quantitative estimate of drug-likeness (QED) is 0.544. The van der Waals surface area contributed by atoms with Crippen LogP contribution in [0.1, 0.15) is 32.1 Å². The zero-order valence-electron chi connectivity index (χ0n) is 17.0. The van der Waals surface area contributed by atoms with E-state index in [1.807, 2.05) is 69.3 Å². The molecule has 2 amide bonds. The summed E-state index contributed by atoms with van der Waals surface area (Å²) in [6.45, 7) is 5.43. The van der Waals surface area contributed by atoms with Crippen LogP contribution in [0.15, 0.2) is 65.1 Å². The fourth-order valence-electron chi connectivity index (χ4n) is 3.18. The van der Waals surface area contributed by atoms with E-state index in [0.717, 1.165) is 16.8 Å². The molecule has 2 aromatic carbocycles. The van der Waals surface area contributed by atoms with Gasteiger partial charge in [0.15, 0.2) is 0 Å². The molecule has 1 aliphatic heterocycles. The molecule has 0 saturated carbocycles. The molecule has 152 valence electrons. The van der Waals surface area contributed by atoms with E-state index >= 15 is 0 Å². The summed E-state index contributed by atoms with van der Waals surface area (Å²) in [5.74, 6) is 1.04. The number of anilines is 2. The molecule has 4 rings (SSSR count). The topological polar surface area (TPSA) is 80.6 Å². The summed E-state index contributed by atoms with van der Waals surface area (Å²) in [7, 11) is 0. The third-order valence-corrected chi connectivity index (χ3v) is 4.42. The molecular formula is C24H22N2O4. The van der Waals surface area contributed by atoms with Gasteiger partial charge in [0, 0.05) is 22.5 Å². The first-order valence-electron chi connectivity index (χ1n) is 9.61. The van der Waals surface area contributed by atoms with Crippen molar-refractivity contribution in [2.75, 3.05) is 10.6 Å². The standard InChI is InChI=1S/C24H22N2O4/c1-24(2,3)30-23(28)25-16-8-6-7-15(13-16)21-12-11-17(29-21)14-19-18-9-4-5-10-20(18)26-22(19)27/h4-14H,1-3H3,(H,25,28)(H,26,27)/b19-14-. The number of amides is 2. The summed E-state index contributed by atoms with van der Waals surface area (Å²) >= 11 is 0. The van der Waals surface area contributed by atoms with Gasteiger partial charge in [0.2, 0.25) is 0 Å². The van der Waals surface area contributed by atoms with Gasteiger partial charge in [0.05, 0.1) is 5.57 Å². The molecule has 0 radical (unpaired) electrons. The first-order chi connectivity index (χ1) is 14.3. The highest BCUT2D eigenvalue weighted by Crippen LogP contribution is 2.34. The maximum absolute atomic E-state index is 12.3. The van der Waals surface area contributed by atoms with Crippen LogP contribution in [0.3, 0.4) is 0 Å². The minimum Gasteiger partial charge on any atom is -0.457 e. The van der Waals surface area contributed by atoms with Crippen molar-refractivity contribution in [3.8, 4) is 11.3 Å². The normalized spacial score (nSPS) is 14.4. The summed E-state index contributed by atoms with van der Waals surface area (Å²) < 4.78 is 11.2. The van der Waals surface area contributed by atoms with Crippen LogP contribution in [0.4, 0.5) is 16.2 Å². The summed E-state index contributed by atoms with van der Waals surface area (Å²) in [5.41, 5.74) is 3.03. The molecule has 0 aliphatic carbocycles. The van der Waals surface area contributed by atoms with Crippen molar-refractivity contribution >= 4 is 35.0 Å². The zero-order valence-corrected chi connectivity index (χ0v) is 17.0. The molecule has 6 nitrogen and oxygen atoms in total. The van der Waals surface area contributed by atoms with Gasteiger partial charge in [-0.2, -0.15) is 0 Å². The van der Waals surface area contributed by atoms with Crippen LogP contribution in [0.5, 0.6) is 0 Å². The Morgan fingerprint density at radius 1 is 1.07 bits per heavy atom. The zero-order chi connectivity index (χ0) is 21.3. The smallest absolute Gasteiger partial charge is 0.412 e. The Bertz CT molecular complexity index is 1150. The van der Waals surface area contributed by atoms with Crippen LogP contribution in [0, 0.1) is 0 Å². The fraction of sp³-hybridized carbons (Fsp3) is 0.167. The van der Waals surface area contributed by atoms with Gasteiger partial charge in [-0.25, -0.2) is 4.79 Å². The highest BCUT2D eigenvalue weighted by Gasteiger charge is 2.24. The number of nitrogens with one attached hydrogen (secondary N) is 2. The van der Waals surface area contributed by atoms with Crippen LogP contribution in [0.25, 0.3) is 23.0 Å². The highest BCUT2D eigenvalue weighted by molar-refractivity contribution is 6.34. The van der Waals surface area contributed by atoms with Crippen molar-refractivity contribution in [2.24, 2.45) is 0 Å². The Balaban J connectivity index is 1.55. The fourth-order valence-corrected chi connectivity index (χ4v) is 3.18. The molecule has 2 N–H and O–H groups in total. The molecule has 1 aromatic heterocycles. The average Bonchev–Trinajstić information content (AvgIpc) is 3.26. The van der Waals surface area contributed by atoms with Crippen molar-refractivity contribution in [3.63, 3.8) is 0 Å². The SMILES string of the molecule is CC(C)(C)OC(=O)Nc1cccc(-c2ccc(/C=C3\C(=O)Nc4ccccc43)o2)c1. The molecule has 3 aromatic rings. The Kier molecular flexibility index (Phi) is 4.91. The molecule has 0 spiro atoms. The number of ether oxygens (including phenoxy) is 1. The summed E-state index contributed by atoms with van der Waals surface area (Å²) in [4.78, 5) is 24.3. The molecule has 6 heteroatoms. The number of hydrogen-bond acceptors (Lipinski definition) is 4. The predicted octanol–water partition coefficient (Wildman–Crippen LogP) is 5.79. The monoisotopic (exact) mass is 402 g/mol. The second-order valence-corrected chi connectivity index (χ2v) is 7.97. The number of para-hydroxylation sites is 1. The first kappa shape index (κ1) is 19.5. The van der Waals surface area contributed by atoms with E-state index in [-0.39, 0.29) is 5.91 Å². The number of furan rings is 1. The molecule has 0 unspecified atom stereocenters. The minimum atomic E-state index is -0.573. The van der Waals surface area contributed by atoms with Crippen molar-refractivity contribution in [1.29, 1.82) is 0 Å². The van der Waals surface area contributed by atoms with E-state index < -0.39 is 11.7 Å². The molecule has 2 heterocycles. The number of rotatable bonds is 3. The highest BCUT2D eigenvalue weighted by atomic mass is 16.6. The number of carbonyl (C=O) groups excluding carboxylic acids is 2. The van der Waals surface area contributed by atoms with Gasteiger partial charge in [-0.15, -0.1) is 0 Å². The first-order valence-corrected chi connectivity index (χ1v) is 9.61. The summed E-state index contributed by atoms with van der Waals surface area (Å²) in [5, 5.41) is 5.57. The van der Waals surface area contributed by atoms with Crippen LogP contribution in [0.2, 0.25) is 0 Å². The molecule has 0 bridgehead atoms. The van der Waals surface area contributed by atoms with Crippen molar-refractivity contribution in [3.05, 3.63) is 72.0 Å². The lowest BCUT2D eigenvalue weighted by atomic mass is 10.1. The summed E-state index contributed by atoms with van der Waals surface area (Å²) in [6, 6.07) is 18.5. The number of fused-ring (bicyclic) bond motifs is 1. The Hall–Kier alpha value is -3.80. The van der Waals surface area contributed by atoms with Gasteiger partial charge >= 0.3 is 6.09 Å². The van der Waals surface area contributed by atoms with E-state index in [4.69, 9.17) is 9.15 Å². The molecule has 0 saturated heterocycles. The molecule has 30 heavy (non-hydrogen) atoms. The second-order valence-electron chi connectivity index (χ2n) is 7.97. The largest absolute Gasteiger partial charge is 0.457 e. The second kappa shape index (κ2) is 7.55. The predicted molar refractivity (Wildman–Crippen MR) is 117 cm³/mol. The van der Waals surface area contributed by atoms with Crippen molar-refractivity contribution in [2.45, 2.75) is 26.4 Å². The van der Waals surface area contributed by atoms with Crippen molar-refractivity contribution in [1.82, 2.24) is 0 Å². The molecule has 0 fully saturated rings. The van der Waals surface area contributed by atoms with Crippen LogP contribution >= 0.6 is 0 Å². The number of carbonyl (C=O) groups is 2. The number of hydrogen-bond donors (Lipinski definition) is 2. The van der Waals surface area contributed by atoms with Gasteiger partial charge in [-0.1, -0.05) is 30.3 Å². The van der Waals surface area contributed by atoms with Gasteiger partial charge in [0.25, 0.3) is 5.91 Å². The minimum absolute atomic E-state index is 0.155. The lowest BCUT2D eigenvalue weighted by molar-refractivity contribution is -0.110. The Labute approximate surface area is 174 Å². The Morgan fingerprint density at radius 3 is 2.67 bits per heavy atom. The third-order valence-electron chi connectivity index (χ3n) is 4.42. The number of benzene rings is 2. The van der Waals surface area contributed by atoms with E-state index in [1.165, 1.54) is 0 Å². The van der Waals surface area contributed by atoms with Gasteiger partial charge < -0.3 is 14.5 Å². The van der Waals surface area contributed by atoms with Crippen LogP contribution in [-0.4, -0.2) is 17.6 Å². The van der Waals surface area contributed by atoms with E-state index in [2.05, 4.69) is 10.6 Å². The van der Waals surface area contributed by atoms with Gasteiger partial charge in [-0.05, 0) is 57.2 Å². The van der Waals surface area contributed by atoms with E-state index in [0.29, 0.717) is 22.8 Å². The third kappa shape index (κ3) is 4.27. The van der Waals surface area contributed by atoms with Crippen LogP contribution < -0.4 is 10.6 Å². The van der Waals surface area contributed by atoms with Crippen LogP contribution in [-0.2, 0) is 9.53 Å². The lowest BCUT2D eigenvalue weighted by Gasteiger charge is -2.19. The maximum atomic E-state index is 12.3. The van der Waals surface area contributed by atoms with E-state index in [9.17, 15) is 9.59 Å². The molecular weight excluding hydrogens is 380 g/mol. The van der Waals surface area contributed by atoms with E-state index in [1.54, 1.807) is 18.2 Å². The van der Waals surface area contributed by atoms with Gasteiger partial charge in [-0.3, -0.25) is 10.1 Å². The summed E-state index contributed by atoms with van der Waals surface area (Å²) in [6.07, 6.45) is 1.21. The average molecular weight is 402 g/mol.